The molecule has 1 amide bonds. The highest BCUT2D eigenvalue weighted by atomic mass is 32.1. The quantitative estimate of drug-likeness (QED) is 0.876. The van der Waals surface area contributed by atoms with Crippen molar-refractivity contribution in [1.29, 1.82) is 0 Å². The van der Waals surface area contributed by atoms with E-state index in [4.69, 9.17) is 0 Å². The molecule has 88 valence electrons. The highest BCUT2D eigenvalue weighted by molar-refractivity contribution is 7.08. The average molecular weight is 247 g/mol. The molecule has 0 aliphatic carbocycles. The molecule has 0 aliphatic rings. The van der Waals surface area contributed by atoms with Gasteiger partial charge in [-0.25, -0.2) is 0 Å². The van der Waals surface area contributed by atoms with Crippen LogP contribution in [0.1, 0.15) is 21.5 Å². The Labute approximate surface area is 104 Å². The van der Waals surface area contributed by atoms with Crippen LogP contribution in [0.15, 0.2) is 35.0 Å². The zero-order valence-corrected chi connectivity index (χ0v) is 10.3. The second-order valence-corrected chi connectivity index (χ2v) is 4.52. The van der Waals surface area contributed by atoms with Crippen LogP contribution in [-0.4, -0.2) is 11.0 Å². The summed E-state index contributed by atoms with van der Waals surface area (Å²) < 4.78 is 0. The van der Waals surface area contributed by atoms with Gasteiger partial charge in [-0.2, -0.15) is 11.3 Å². The highest BCUT2D eigenvalue weighted by Crippen LogP contribution is 2.16. The van der Waals surface area contributed by atoms with Crippen LogP contribution in [0.25, 0.3) is 0 Å². The van der Waals surface area contributed by atoms with Gasteiger partial charge in [-0.05, 0) is 40.9 Å². The average Bonchev–Trinajstić information content (AvgIpc) is 2.72. The Morgan fingerprint density at radius 1 is 1.35 bits per heavy atom. The molecule has 0 radical (unpaired) electrons. The molecule has 3 nitrogen and oxygen atoms in total. The molecule has 1 aromatic heterocycles. The normalized spacial score (nSPS) is 10.2. The van der Waals surface area contributed by atoms with E-state index in [2.05, 4.69) is 5.32 Å². The number of hydrogen-bond acceptors (Lipinski definition) is 3. The molecule has 1 heterocycles. The third-order valence-electron chi connectivity index (χ3n) is 2.55. The second kappa shape index (κ2) is 5.01. The third-order valence-corrected chi connectivity index (χ3v) is 3.46. The van der Waals surface area contributed by atoms with Gasteiger partial charge in [-0.1, -0.05) is 12.1 Å². The molecular formula is C13H13NO2S. The second-order valence-electron chi connectivity index (χ2n) is 3.78. The zero-order valence-electron chi connectivity index (χ0n) is 9.43. The van der Waals surface area contributed by atoms with Crippen molar-refractivity contribution in [2.24, 2.45) is 0 Å². The Balaban J connectivity index is 2.04. The third kappa shape index (κ3) is 2.65. The van der Waals surface area contributed by atoms with E-state index in [0.29, 0.717) is 12.1 Å². The van der Waals surface area contributed by atoms with E-state index in [1.165, 1.54) is 11.6 Å². The minimum Gasteiger partial charge on any atom is -0.507 e. The number of para-hydroxylation sites is 1. The number of hydrogen-bond donors (Lipinski definition) is 2. The van der Waals surface area contributed by atoms with E-state index in [9.17, 15) is 9.90 Å². The SMILES string of the molecule is Cc1cscc1CNC(=O)c1ccccc1O. The standard InChI is InChI=1S/C13H13NO2S/c1-9-7-17-8-10(9)6-14-13(16)11-4-2-3-5-12(11)15/h2-5,7-8,15H,6H2,1H3,(H,14,16). The number of phenolic OH excluding ortho intramolecular Hbond substituents is 1. The van der Waals surface area contributed by atoms with Crippen molar-refractivity contribution >= 4 is 17.2 Å². The molecule has 0 unspecified atom stereocenters. The summed E-state index contributed by atoms with van der Waals surface area (Å²) in [6.07, 6.45) is 0. The van der Waals surface area contributed by atoms with Crippen LogP contribution in [0.5, 0.6) is 5.75 Å². The summed E-state index contributed by atoms with van der Waals surface area (Å²) in [4.78, 5) is 11.8. The van der Waals surface area contributed by atoms with Crippen LogP contribution in [0, 0.1) is 6.92 Å². The number of rotatable bonds is 3. The summed E-state index contributed by atoms with van der Waals surface area (Å²) in [5, 5.41) is 16.4. The fraction of sp³-hybridized carbons (Fsp3) is 0.154. The predicted molar refractivity (Wildman–Crippen MR) is 68.3 cm³/mol. The molecule has 2 N–H and O–H groups in total. The lowest BCUT2D eigenvalue weighted by molar-refractivity contribution is 0.0948. The van der Waals surface area contributed by atoms with Crippen LogP contribution in [0.2, 0.25) is 0 Å². The Bertz CT molecular complexity index is 534. The van der Waals surface area contributed by atoms with Gasteiger partial charge < -0.3 is 10.4 Å². The van der Waals surface area contributed by atoms with Crippen LogP contribution in [0.4, 0.5) is 0 Å². The Morgan fingerprint density at radius 3 is 2.76 bits per heavy atom. The van der Waals surface area contributed by atoms with E-state index in [1.54, 1.807) is 29.5 Å². The van der Waals surface area contributed by atoms with Crippen molar-refractivity contribution in [2.75, 3.05) is 0 Å². The fourth-order valence-corrected chi connectivity index (χ4v) is 2.36. The maximum Gasteiger partial charge on any atom is 0.255 e. The first-order chi connectivity index (χ1) is 8.18. The molecule has 0 spiro atoms. The van der Waals surface area contributed by atoms with Crippen molar-refractivity contribution < 1.29 is 9.90 Å². The van der Waals surface area contributed by atoms with Gasteiger partial charge in [0.2, 0.25) is 0 Å². The first kappa shape index (κ1) is 11.7. The molecule has 4 heteroatoms. The zero-order chi connectivity index (χ0) is 12.3. The lowest BCUT2D eigenvalue weighted by atomic mass is 10.1. The molecule has 2 rings (SSSR count). The lowest BCUT2D eigenvalue weighted by Gasteiger charge is -2.06. The smallest absolute Gasteiger partial charge is 0.255 e. The number of aromatic hydroxyl groups is 1. The molecule has 0 aliphatic heterocycles. The Morgan fingerprint density at radius 2 is 2.12 bits per heavy atom. The summed E-state index contributed by atoms with van der Waals surface area (Å²) in [5.41, 5.74) is 2.59. The number of benzene rings is 1. The van der Waals surface area contributed by atoms with E-state index in [1.807, 2.05) is 17.7 Å². The van der Waals surface area contributed by atoms with Crippen molar-refractivity contribution in [3.8, 4) is 5.75 Å². The molecule has 2 aromatic rings. The van der Waals surface area contributed by atoms with Gasteiger partial charge in [0.05, 0.1) is 5.56 Å². The monoisotopic (exact) mass is 247 g/mol. The van der Waals surface area contributed by atoms with E-state index in [-0.39, 0.29) is 11.7 Å². The Hall–Kier alpha value is -1.81. The van der Waals surface area contributed by atoms with Crippen molar-refractivity contribution in [1.82, 2.24) is 5.32 Å². The molecule has 1 aromatic carbocycles. The number of carbonyl (C=O) groups is 1. The van der Waals surface area contributed by atoms with Crippen LogP contribution in [0.3, 0.4) is 0 Å². The summed E-state index contributed by atoms with van der Waals surface area (Å²) >= 11 is 1.62. The number of carbonyl (C=O) groups excluding carboxylic acids is 1. The number of aryl methyl sites for hydroxylation is 1. The molecule has 0 saturated heterocycles. The number of amides is 1. The van der Waals surface area contributed by atoms with Gasteiger partial charge >= 0.3 is 0 Å². The molecule has 0 fully saturated rings. The lowest BCUT2D eigenvalue weighted by Crippen LogP contribution is -2.22. The first-order valence-electron chi connectivity index (χ1n) is 5.26. The van der Waals surface area contributed by atoms with Gasteiger partial charge in [0, 0.05) is 6.54 Å². The molecule has 0 atom stereocenters. The summed E-state index contributed by atoms with van der Waals surface area (Å²) in [7, 11) is 0. The van der Waals surface area contributed by atoms with E-state index < -0.39 is 0 Å². The largest absolute Gasteiger partial charge is 0.507 e. The van der Waals surface area contributed by atoms with Crippen molar-refractivity contribution in [2.45, 2.75) is 13.5 Å². The first-order valence-corrected chi connectivity index (χ1v) is 6.20. The maximum atomic E-state index is 11.8. The van der Waals surface area contributed by atoms with Crippen molar-refractivity contribution in [3.63, 3.8) is 0 Å². The van der Waals surface area contributed by atoms with Crippen LogP contribution >= 0.6 is 11.3 Å². The fourth-order valence-electron chi connectivity index (χ4n) is 1.50. The summed E-state index contributed by atoms with van der Waals surface area (Å²) in [6, 6.07) is 6.52. The van der Waals surface area contributed by atoms with Crippen LogP contribution < -0.4 is 5.32 Å². The van der Waals surface area contributed by atoms with Crippen LogP contribution in [-0.2, 0) is 6.54 Å². The molecule has 0 bridgehead atoms. The highest BCUT2D eigenvalue weighted by Gasteiger charge is 2.10. The topological polar surface area (TPSA) is 49.3 Å². The molecule has 0 saturated carbocycles. The summed E-state index contributed by atoms with van der Waals surface area (Å²) in [5.74, 6) is -0.249. The number of thiophene rings is 1. The summed E-state index contributed by atoms with van der Waals surface area (Å²) in [6.45, 7) is 2.50. The molecule has 17 heavy (non-hydrogen) atoms. The minimum atomic E-state index is -0.256. The predicted octanol–water partition coefficient (Wildman–Crippen LogP) is 2.69. The van der Waals surface area contributed by atoms with Gasteiger partial charge in [-0.15, -0.1) is 0 Å². The number of nitrogens with one attached hydrogen (secondary N) is 1. The number of phenols is 1. The maximum absolute atomic E-state index is 11.8. The van der Waals surface area contributed by atoms with Gasteiger partial charge in [0.15, 0.2) is 0 Å². The molecular weight excluding hydrogens is 234 g/mol. The minimum absolute atomic E-state index is 0.00652. The van der Waals surface area contributed by atoms with Gasteiger partial charge in [0.25, 0.3) is 5.91 Å². The van der Waals surface area contributed by atoms with Gasteiger partial charge in [0.1, 0.15) is 5.75 Å². The Kier molecular flexibility index (Phi) is 3.44. The van der Waals surface area contributed by atoms with Gasteiger partial charge in [-0.3, -0.25) is 4.79 Å². The van der Waals surface area contributed by atoms with Crippen molar-refractivity contribution in [3.05, 3.63) is 51.7 Å². The van der Waals surface area contributed by atoms with E-state index in [0.717, 1.165) is 5.56 Å². The van der Waals surface area contributed by atoms with E-state index >= 15 is 0 Å².